The van der Waals surface area contributed by atoms with Crippen molar-refractivity contribution in [1.82, 2.24) is 30.1 Å². The SMILES string of the molecule is CN=C(NCCCc1nnc2ccccn12)NC1CCN(Cc2ccc(F)c(F)c2)CC1.I. The molecule has 1 aromatic carbocycles. The number of aliphatic imine (C=N–C) groups is 1. The predicted molar refractivity (Wildman–Crippen MR) is 136 cm³/mol. The summed E-state index contributed by atoms with van der Waals surface area (Å²) >= 11 is 0. The fourth-order valence-corrected chi connectivity index (χ4v) is 4.03. The maximum absolute atomic E-state index is 13.4. The number of hydrogen-bond acceptors (Lipinski definition) is 4. The van der Waals surface area contributed by atoms with E-state index in [1.54, 1.807) is 13.1 Å². The normalized spacial score (nSPS) is 15.4. The maximum atomic E-state index is 13.4. The summed E-state index contributed by atoms with van der Waals surface area (Å²) in [6.45, 7) is 3.21. The molecule has 33 heavy (non-hydrogen) atoms. The number of guanidine groups is 1. The first kappa shape index (κ1) is 25.3. The number of halogens is 3. The molecule has 0 bridgehead atoms. The Kier molecular flexibility index (Phi) is 9.36. The number of hydrogen-bond donors (Lipinski definition) is 2. The molecule has 0 amide bonds. The largest absolute Gasteiger partial charge is 0.356 e. The Morgan fingerprint density at radius 3 is 2.70 bits per heavy atom. The summed E-state index contributed by atoms with van der Waals surface area (Å²) in [4.78, 5) is 6.61. The maximum Gasteiger partial charge on any atom is 0.191 e. The molecule has 0 saturated carbocycles. The number of fused-ring (bicyclic) bond motifs is 1. The van der Waals surface area contributed by atoms with Crippen LogP contribution in [0.5, 0.6) is 0 Å². The molecule has 0 spiro atoms. The summed E-state index contributed by atoms with van der Waals surface area (Å²) in [6.07, 6.45) is 5.67. The van der Waals surface area contributed by atoms with Crippen LogP contribution in [-0.2, 0) is 13.0 Å². The lowest BCUT2D eigenvalue weighted by atomic mass is 10.0. The van der Waals surface area contributed by atoms with Crippen LogP contribution in [-0.4, -0.2) is 58.2 Å². The molecule has 178 valence electrons. The number of pyridine rings is 1. The third-order valence-corrected chi connectivity index (χ3v) is 5.80. The van der Waals surface area contributed by atoms with Gasteiger partial charge in [-0.05, 0) is 49.1 Å². The highest BCUT2D eigenvalue weighted by atomic mass is 127. The minimum absolute atomic E-state index is 0. The summed E-state index contributed by atoms with van der Waals surface area (Å²) in [6, 6.07) is 10.3. The van der Waals surface area contributed by atoms with Crippen LogP contribution in [0.1, 0.15) is 30.7 Å². The van der Waals surface area contributed by atoms with Crippen molar-refractivity contribution in [3.05, 3.63) is 65.6 Å². The topological polar surface area (TPSA) is 69.8 Å². The third kappa shape index (κ3) is 6.83. The summed E-state index contributed by atoms with van der Waals surface area (Å²) in [5.41, 5.74) is 1.66. The van der Waals surface area contributed by atoms with E-state index < -0.39 is 11.6 Å². The lowest BCUT2D eigenvalue weighted by Gasteiger charge is -2.33. The second-order valence-corrected chi connectivity index (χ2v) is 8.09. The van der Waals surface area contributed by atoms with Crippen LogP contribution in [0.4, 0.5) is 8.78 Å². The van der Waals surface area contributed by atoms with E-state index in [1.807, 2.05) is 28.8 Å². The molecule has 2 aromatic heterocycles. The molecule has 10 heteroatoms. The molecule has 0 aliphatic carbocycles. The van der Waals surface area contributed by atoms with Crippen LogP contribution in [0.15, 0.2) is 47.6 Å². The van der Waals surface area contributed by atoms with Crippen molar-refractivity contribution < 1.29 is 8.78 Å². The number of aryl methyl sites for hydroxylation is 1. The second kappa shape index (κ2) is 12.2. The van der Waals surface area contributed by atoms with Crippen molar-refractivity contribution in [2.75, 3.05) is 26.7 Å². The molecule has 1 fully saturated rings. The van der Waals surface area contributed by atoms with E-state index in [-0.39, 0.29) is 24.0 Å². The molecule has 1 aliphatic rings. The minimum Gasteiger partial charge on any atom is -0.356 e. The predicted octanol–water partition coefficient (Wildman–Crippen LogP) is 3.39. The smallest absolute Gasteiger partial charge is 0.191 e. The summed E-state index contributed by atoms with van der Waals surface area (Å²) in [7, 11) is 1.78. The number of rotatable bonds is 7. The standard InChI is InChI=1S/C23H29F2N7.HI/c1-26-23(27-11-4-6-22-30-29-21-5-2-3-12-32(21)22)28-18-9-13-31(14-10-18)16-17-7-8-19(24)20(25)15-17;/h2-3,5,7-8,12,15,18H,4,6,9-11,13-14,16H2,1H3,(H2,26,27,28);1H. The highest BCUT2D eigenvalue weighted by Gasteiger charge is 2.20. The van der Waals surface area contributed by atoms with Gasteiger partial charge in [0, 0.05) is 51.9 Å². The van der Waals surface area contributed by atoms with E-state index in [2.05, 4.69) is 30.7 Å². The molecular formula is C23H30F2IN7. The highest BCUT2D eigenvalue weighted by Crippen LogP contribution is 2.16. The van der Waals surface area contributed by atoms with Crippen molar-refractivity contribution in [1.29, 1.82) is 0 Å². The summed E-state index contributed by atoms with van der Waals surface area (Å²) < 4.78 is 28.5. The Morgan fingerprint density at radius 1 is 1.12 bits per heavy atom. The third-order valence-electron chi connectivity index (χ3n) is 5.80. The molecule has 3 aromatic rings. The van der Waals surface area contributed by atoms with Gasteiger partial charge in [-0.3, -0.25) is 14.3 Å². The zero-order chi connectivity index (χ0) is 22.3. The average Bonchev–Trinajstić information content (AvgIpc) is 3.22. The number of benzene rings is 1. The van der Waals surface area contributed by atoms with Gasteiger partial charge in [0.15, 0.2) is 23.2 Å². The fraction of sp³-hybridized carbons (Fsp3) is 0.435. The Hall–Kier alpha value is -2.34. The van der Waals surface area contributed by atoms with Crippen molar-refractivity contribution in [3.63, 3.8) is 0 Å². The van der Waals surface area contributed by atoms with Crippen LogP contribution in [0.25, 0.3) is 5.65 Å². The average molecular weight is 569 g/mol. The van der Waals surface area contributed by atoms with Gasteiger partial charge in [0.25, 0.3) is 0 Å². The number of nitrogens with zero attached hydrogens (tertiary/aromatic N) is 5. The van der Waals surface area contributed by atoms with E-state index in [0.29, 0.717) is 12.6 Å². The van der Waals surface area contributed by atoms with Gasteiger partial charge in [-0.15, -0.1) is 34.2 Å². The number of aromatic nitrogens is 3. The first-order chi connectivity index (χ1) is 15.6. The van der Waals surface area contributed by atoms with Gasteiger partial charge in [-0.2, -0.15) is 0 Å². The number of piperidine rings is 1. The first-order valence-electron chi connectivity index (χ1n) is 11.0. The summed E-state index contributed by atoms with van der Waals surface area (Å²) in [5.74, 6) is 0.172. The van der Waals surface area contributed by atoms with Crippen LogP contribution in [0.2, 0.25) is 0 Å². The van der Waals surface area contributed by atoms with Crippen LogP contribution in [0, 0.1) is 11.6 Å². The first-order valence-corrected chi connectivity index (χ1v) is 11.0. The van der Waals surface area contributed by atoms with Crippen LogP contribution in [0.3, 0.4) is 0 Å². The number of likely N-dealkylation sites (tertiary alicyclic amines) is 1. The van der Waals surface area contributed by atoms with Crippen molar-refractivity contribution in [2.45, 2.75) is 38.3 Å². The molecule has 0 atom stereocenters. The molecule has 4 rings (SSSR count). The van der Waals surface area contributed by atoms with Gasteiger partial charge in [-0.25, -0.2) is 8.78 Å². The molecular weight excluding hydrogens is 539 g/mol. The monoisotopic (exact) mass is 569 g/mol. The van der Waals surface area contributed by atoms with E-state index >= 15 is 0 Å². The van der Waals surface area contributed by atoms with Gasteiger partial charge in [0.1, 0.15) is 5.82 Å². The van der Waals surface area contributed by atoms with Crippen LogP contribution >= 0.6 is 24.0 Å². The van der Waals surface area contributed by atoms with Crippen molar-refractivity contribution in [3.8, 4) is 0 Å². The quantitative estimate of drug-likeness (QED) is 0.198. The minimum atomic E-state index is -0.801. The zero-order valence-electron chi connectivity index (χ0n) is 18.7. The van der Waals surface area contributed by atoms with Gasteiger partial charge >= 0.3 is 0 Å². The Morgan fingerprint density at radius 2 is 1.94 bits per heavy atom. The molecule has 0 radical (unpaired) electrons. The lowest BCUT2D eigenvalue weighted by Crippen LogP contribution is -2.48. The Labute approximate surface area is 209 Å². The lowest BCUT2D eigenvalue weighted by molar-refractivity contribution is 0.198. The number of nitrogens with one attached hydrogen (secondary N) is 2. The van der Waals surface area contributed by atoms with Crippen molar-refractivity contribution in [2.24, 2.45) is 4.99 Å². The van der Waals surface area contributed by atoms with Gasteiger partial charge in [0.05, 0.1) is 0 Å². The summed E-state index contributed by atoms with van der Waals surface area (Å²) in [5, 5.41) is 15.3. The van der Waals surface area contributed by atoms with Crippen LogP contribution < -0.4 is 10.6 Å². The molecule has 3 heterocycles. The molecule has 7 nitrogen and oxygen atoms in total. The van der Waals surface area contributed by atoms with Gasteiger partial charge < -0.3 is 10.6 Å². The zero-order valence-corrected chi connectivity index (χ0v) is 21.0. The molecule has 1 saturated heterocycles. The van der Waals surface area contributed by atoms with Crippen molar-refractivity contribution >= 4 is 35.6 Å². The fourth-order valence-electron chi connectivity index (χ4n) is 4.03. The van der Waals surface area contributed by atoms with E-state index in [9.17, 15) is 8.78 Å². The van der Waals surface area contributed by atoms with Gasteiger partial charge in [-0.1, -0.05) is 12.1 Å². The van der Waals surface area contributed by atoms with E-state index in [4.69, 9.17) is 0 Å². The van der Waals surface area contributed by atoms with E-state index in [1.165, 1.54) is 12.1 Å². The molecule has 1 aliphatic heterocycles. The molecule has 0 unspecified atom stereocenters. The highest BCUT2D eigenvalue weighted by molar-refractivity contribution is 14.0. The second-order valence-electron chi connectivity index (χ2n) is 8.09. The molecule has 2 N–H and O–H groups in total. The van der Waals surface area contributed by atoms with Gasteiger partial charge in [0.2, 0.25) is 0 Å². The Balaban J connectivity index is 0.00000306. The Bertz CT molecular complexity index is 1060. The van der Waals surface area contributed by atoms with E-state index in [0.717, 1.165) is 68.3 Å².